The van der Waals surface area contributed by atoms with Crippen LogP contribution in [0.5, 0.6) is 5.75 Å². The molecule has 0 aliphatic heterocycles. The smallest absolute Gasteiger partial charge is 0.124 e. The molecule has 2 rings (SSSR count). The van der Waals surface area contributed by atoms with Gasteiger partial charge in [0.2, 0.25) is 0 Å². The van der Waals surface area contributed by atoms with E-state index in [1.54, 1.807) is 0 Å². The first-order valence-electron chi connectivity index (χ1n) is 6.36. The van der Waals surface area contributed by atoms with Crippen molar-refractivity contribution in [3.8, 4) is 5.75 Å². The van der Waals surface area contributed by atoms with Gasteiger partial charge in [0.25, 0.3) is 0 Å². The van der Waals surface area contributed by atoms with Gasteiger partial charge in [0.15, 0.2) is 0 Å². The minimum atomic E-state index is -0.0482. The number of hydrogen-bond donors (Lipinski definition) is 2. The van der Waals surface area contributed by atoms with Crippen LogP contribution < -0.4 is 10.5 Å². The second-order valence-electron chi connectivity index (χ2n) is 4.59. The molecule has 0 aliphatic rings. The molecule has 19 heavy (non-hydrogen) atoms. The molecule has 1 atom stereocenters. The highest BCUT2D eigenvalue weighted by Gasteiger charge is 2.07. The third-order valence-electron chi connectivity index (χ3n) is 3.01. The van der Waals surface area contributed by atoms with Crippen molar-refractivity contribution in [2.24, 2.45) is 5.73 Å². The van der Waals surface area contributed by atoms with Crippen LogP contribution in [0, 0.1) is 0 Å². The van der Waals surface area contributed by atoms with Gasteiger partial charge in [0.05, 0.1) is 6.61 Å². The molecular weight excluding hydrogens is 238 g/mol. The van der Waals surface area contributed by atoms with Gasteiger partial charge >= 0.3 is 0 Å². The molecule has 0 amide bonds. The summed E-state index contributed by atoms with van der Waals surface area (Å²) in [6, 6.07) is 15.5. The molecule has 0 radical (unpaired) electrons. The van der Waals surface area contributed by atoms with E-state index in [9.17, 15) is 0 Å². The lowest BCUT2D eigenvalue weighted by molar-refractivity contribution is 0.281. The summed E-state index contributed by atoms with van der Waals surface area (Å²) in [6.07, 6.45) is 0. The summed E-state index contributed by atoms with van der Waals surface area (Å²) < 4.78 is 5.82. The second-order valence-corrected chi connectivity index (χ2v) is 4.59. The molecule has 0 spiro atoms. The summed E-state index contributed by atoms with van der Waals surface area (Å²) >= 11 is 0. The van der Waals surface area contributed by atoms with Crippen LogP contribution >= 0.6 is 0 Å². The van der Waals surface area contributed by atoms with Crippen molar-refractivity contribution in [3.63, 3.8) is 0 Å². The molecule has 0 saturated heterocycles. The van der Waals surface area contributed by atoms with E-state index in [1.165, 1.54) is 0 Å². The van der Waals surface area contributed by atoms with Crippen molar-refractivity contribution in [2.45, 2.75) is 26.2 Å². The van der Waals surface area contributed by atoms with Gasteiger partial charge in [-0.3, -0.25) is 0 Å². The normalized spacial score (nSPS) is 12.2. The first-order chi connectivity index (χ1) is 9.20. The molecule has 0 bridgehead atoms. The summed E-state index contributed by atoms with van der Waals surface area (Å²) in [5.74, 6) is 0.823. The van der Waals surface area contributed by atoms with Crippen molar-refractivity contribution in [1.29, 1.82) is 0 Å². The first-order valence-corrected chi connectivity index (χ1v) is 6.36. The predicted molar refractivity (Wildman–Crippen MR) is 75.7 cm³/mol. The Morgan fingerprint density at radius 3 is 2.32 bits per heavy atom. The second kappa shape index (κ2) is 6.36. The maximum Gasteiger partial charge on any atom is 0.124 e. The van der Waals surface area contributed by atoms with Gasteiger partial charge in [-0.05, 0) is 24.1 Å². The Labute approximate surface area is 113 Å². The molecule has 0 fully saturated rings. The fourth-order valence-corrected chi connectivity index (χ4v) is 1.89. The third kappa shape index (κ3) is 3.56. The summed E-state index contributed by atoms with van der Waals surface area (Å²) in [6.45, 7) is 2.50. The average Bonchev–Trinajstić information content (AvgIpc) is 2.46. The lowest BCUT2D eigenvalue weighted by atomic mass is 10.1. The number of aliphatic hydroxyl groups excluding tert-OH is 1. The van der Waals surface area contributed by atoms with Crippen molar-refractivity contribution in [2.75, 3.05) is 0 Å². The molecule has 2 aromatic carbocycles. The SMILES string of the molecule is CC(N)c1ccccc1OCc1ccc(CO)cc1. The van der Waals surface area contributed by atoms with Crippen LogP contribution in [0.1, 0.15) is 29.7 Å². The fourth-order valence-electron chi connectivity index (χ4n) is 1.89. The molecule has 0 heterocycles. The molecule has 2 aromatic rings. The van der Waals surface area contributed by atoms with Crippen LogP contribution in [0.2, 0.25) is 0 Å². The Kier molecular flexibility index (Phi) is 4.55. The van der Waals surface area contributed by atoms with E-state index >= 15 is 0 Å². The van der Waals surface area contributed by atoms with Gasteiger partial charge in [0.1, 0.15) is 12.4 Å². The lowest BCUT2D eigenvalue weighted by Crippen LogP contribution is -2.08. The molecular formula is C16H19NO2. The lowest BCUT2D eigenvalue weighted by Gasteiger charge is -2.13. The third-order valence-corrected chi connectivity index (χ3v) is 3.01. The van der Waals surface area contributed by atoms with E-state index in [4.69, 9.17) is 15.6 Å². The number of ether oxygens (including phenoxy) is 1. The van der Waals surface area contributed by atoms with Crippen LogP contribution in [0.25, 0.3) is 0 Å². The van der Waals surface area contributed by atoms with E-state index in [0.29, 0.717) is 6.61 Å². The highest BCUT2D eigenvalue weighted by Crippen LogP contribution is 2.24. The van der Waals surface area contributed by atoms with Gasteiger partial charge in [0, 0.05) is 11.6 Å². The summed E-state index contributed by atoms with van der Waals surface area (Å²) in [5, 5.41) is 8.99. The van der Waals surface area contributed by atoms with Gasteiger partial charge in [-0.15, -0.1) is 0 Å². The quantitative estimate of drug-likeness (QED) is 0.866. The first kappa shape index (κ1) is 13.6. The molecule has 3 heteroatoms. The highest BCUT2D eigenvalue weighted by atomic mass is 16.5. The van der Waals surface area contributed by atoms with Crippen LogP contribution in [-0.2, 0) is 13.2 Å². The van der Waals surface area contributed by atoms with E-state index in [0.717, 1.165) is 22.4 Å². The zero-order valence-electron chi connectivity index (χ0n) is 11.0. The highest BCUT2D eigenvalue weighted by molar-refractivity contribution is 5.35. The fraction of sp³-hybridized carbons (Fsp3) is 0.250. The Morgan fingerprint density at radius 1 is 1.05 bits per heavy atom. The van der Waals surface area contributed by atoms with E-state index in [-0.39, 0.29) is 12.6 Å². The summed E-state index contributed by atoms with van der Waals surface area (Å²) in [7, 11) is 0. The molecule has 1 unspecified atom stereocenters. The predicted octanol–water partition coefficient (Wildman–Crippen LogP) is 2.78. The Hall–Kier alpha value is -1.84. The number of benzene rings is 2. The van der Waals surface area contributed by atoms with Gasteiger partial charge < -0.3 is 15.6 Å². The van der Waals surface area contributed by atoms with Crippen molar-refractivity contribution in [3.05, 3.63) is 65.2 Å². The maximum absolute atomic E-state index is 8.99. The van der Waals surface area contributed by atoms with Crippen molar-refractivity contribution < 1.29 is 9.84 Å². The van der Waals surface area contributed by atoms with Crippen LogP contribution in [0.3, 0.4) is 0 Å². The zero-order valence-corrected chi connectivity index (χ0v) is 11.0. The molecule has 0 aromatic heterocycles. The van der Waals surface area contributed by atoms with Gasteiger partial charge in [-0.25, -0.2) is 0 Å². The monoisotopic (exact) mass is 257 g/mol. The van der Waals surface area contributed by atoms with Crippen LogP contribution in [0.4, 0.5) is 0 Å². The van der Waals surface area contributed by atoms with Gasteiger partial charge in [-0.1, -0.05) is 42.5 Å². The number of hydrogen-bond acceptors (Lipinski definition) is 3. The average molecular weight is 257 g/mol. The summed E-state index contributed by atoms with van der Waals surface area (Å²) in [5.41, 5.74) is 8.89. The minimum absolute atomic E-state index is 0.0482. The van der Waals surface area contributed by atoms with Gasteiger partial charge in [-0.2, -0.15) is 0 Å². The molecule has 0 aliphatic carbocycles. The number of para-hydroxylation sites is 1. The number of nitrogens with two attached hydrogens (primary N) is 1. The zero-order chi connectivity index (χ0) is 13.7. The molecule has 3 nitrogen and oxygen atoms in total. The summed E-state index contributed by atoms with van der Waals surface area (Å²) in [4.78, 5) is 0. The number of aliphatic hydroxyl groups is 1. The molecule has 3 N–H and O–H groups in total. The van der Waals surface area contributed by atoms with Crippen molar-refractivity contribution >= 4 is 0 Å². The van der Waals surface area contributed by atoms with Crippen LogP contribution in [-0.4, -0.2) is 5.11 Å². The van der Waals surface area contributed by atoms with E-state index in [1.807, 2.05) is 55.5 Å². The van der Waals surface area contributed by atoms with E-state index < -0.39 is 0 Å². The van der Waals surface area contributed by atoms with Crippen molar-refractivity contribution in [1.82, 2.24) is 0 Å². The Morgan fingerprint density at radius 2 is 1.68 bits per heavy atom. The largest absolute Gasteiger partial charge is 0.489 e. The Balaban J connectivity index is 2.05. The standard InChI is InChI=1S/C16H19NO2/c1-12(17)15-4-2-3-5-16(15)19-11-14-8-6-13(10-18)7-9-14/h2-9,12,18H,10-11,17H2,1H3. The van der Waals surface area contributed by atoms with E-state index in [2.05, 4.69) is 0 Å². The van der Waals surface area contributed by atoms with Crippen LogP contribution in [0.15, 0.2) is 48.5 Å². The molecule has 100 valence electrons. The topological polar surface area (TPSA) is 55.5 Å². The Bertz CT molecular complexity index is 521. The molecule has 0 saturated carbocycles. The maximum atomic E-state index is 8.99. The number of rotatable bonds is 5. The minimum Gasteiger partial charge on any atom is -0.489 e.